The van der Waals surface area contributed by atoms with Gasteiger partial charge in [0, 0.05) is 5.69 Å². The molecule has 0 aliphatic heterocycles. The van der Waals surface area contributed by atoms with Crippen LogP contribution in [0.5, 0.6) is 5.88 Å². The number of hydrogen-bond acceptors (Lipinski definition) is 3. The number of aromatic nitrogens is 1. The highest BCUT2D eigenvalue weighted by Gasteiger charge is 2.13. The van der Waals surface area contributed by atoms with Crippen molar-refractivity contribution < 1.29 is 4.74 Å². The van der Waals surface area contributed by atoms with Crippen molar-refractivity contribution in [1.29, 1.82) is 5.41 Å². The van der Waals surface area contributed by atoms with Gasteiger partial charge in [-0.1, -0.05) is 20.8 Å². The van der Waals surface area contributed by atoms with E-state index >= 15 is 0 Å². The molecule has 0 bridgehead atoms. The van der Waals surface area contributed by atoms with E-state index < -0.39 is 0 Å². The largest absolute Gasteiger partial charge is 0.477 e. The Morgan fingerprint density at radius 2 is 2.06 bits per heavy atom. The lowest BCUT2D eigenvalue weighted by atomic mass is 9.93. The van der Waals surface area contributed by atoms with Crippen molar-refractivity contribution in [3.05, 3.63) is 23.4 Å². The lowest BCUT2D eigenvalue weighted by Gasteiger charge is -2.18. The molecule has 1 aromatic heterocycles. The number of rotatable bonds is 4. The monoisotopic (exact) mass is 235 g/mol. The van der Waals surface area contributed by atoms with E-state index in [1.165, 1.54) is 0 Å². The lowest BCUT2D eigenvalue weighted by Crippen LogP contribution is -2.16. The van der Waals surface area contributed by atoms with E-state index in [4.69, 9.17) is 15.9 Å². The third-order valence-corrected chi connectivity index (χ3v) is 2.38. The van der Waals surface area contributed by atoms with Gasteiger partial charge >= 0.3 is 0 Å². The molecule has 0 atom stereocenters. The predicted molar refractivity (Wildman–Crippen MR) is 69.6 cm³/mol. The molecule has 0 saturated carbocycles. The number of nitrogens with zero attached hydrogens (tertiary/aromatic N) is 1. The van der Waals surface area contributed by atoms with Crippen LogP contribution in [0.2, 0.25) is 0 Å². The minimum atomic E-state index is -0.0109. The SMILES string of the molecule is Cc1ccc(C(=N)N)c(OCCC(C)(C)C)n1. The summed E-state index contributed by atoms with van der Waals surface area (Å²) >= 11 is 0. The molecular formula is C13H21N3O. The Bertz CT molecular complexity index is 408. The van der Waals surface area contributed by atoms with Gasteiger partial charge in [-0.05, 0) is 30.9 Å². The highest BCUT2D eigenvalue weighted by Crippen LogP contribution is 2.20. The number of amidine groups is 1. The third-order valence-electron chi connectivity index (χ3n) is 2.38. The Hall–Kier alpha value is -1.58. The molecule has 0 amide bonds. The van der Waals surface area contributed by atoms with Crippen LogP contribution in [0.3, 0.4) is 0 Å². The molecule has 1 aromatic rings. The average Bonchev–Trinajstić information content (AvgIpc) is 2.15. The zero-order valence-corrected chi connectivity index (χ0v) is 11.0. The summed E-state index contributed by atoms with van der Waals surface area (Å²) in [6.07, 6.45) is 0.931. The van der Waals surface area contributed by atoms with E-state index in [0.29, 0.717) is 18.1 Å². The van der Waals surface area contributed by atoms with Gasteiger partial charge in [-0.25, -0.2) is 4.98 Å². The van der Waals surface area contributed by atoms with E-state index in [1.807, 2.05) is 13.0 Å². The minimum Gasteiger partial charge on any atom is -0.477 e. The number of pyridine rings is 1. The molecule has 94 valence electrons. The molecule has 4 nitrogen and oxygen atoms in total. The summed E-state index contributed by atoms with van der Waals surface area (Å²) in [7, 11) is 0. The zero-order chi connectivity index (χ0) is 13.1. The maximum absolute atomic E-state index is 7.46. The van der Waals surface area contributed by atoms with Crippen LogP contribution in [-0.4, -0.2) is 17.4 Å². The Labute approximate surface area is 103 Å². The zero-order valence-electron chi connectivity index (χ0n) is 11.0. The average molecular weight is 235 g/mol. The van der Waals surface area contributed by atoms with Crippen molar-refractivity contribution in [2.45, 2.75) is 34.1 Å². The molecule has 0 aliphatic carbocycles. The summed E-state index contributed by atoms with van der Waals surface area (Å²) in [5.41, 5.74) is 7.13. The van der Waals surface area contributed by atoms with E-state index in [9.17, 15) is 0 Å². The molecule has 0 saturated heterocycles. The van der Waals surface area contributed by atoms with Gasteiger partial charge in [0.25, 0.3) is 0 Å². The van der Waals surface area contributed by atoms with Crippen molar-refractivity contribution in [1.82, 2.24) is 4.98 Å². The molecule has 0 aliphatic rings. The van der Waals surface area contributed by atoms with Gasteiger partial charge in [0.2, 0.25) is 5.88 Å². The van der Waals surface area contributed by atoms with Gasteiger partial charge in [0.1, 0.15) is 5.84 Å². The second kappa shape index (κ2) is 5.17. The fourth-order valence-electron chi connectivity index (χ4n) is 1.30. The highest BCUT2D eigenvalue weighted by molar-refractivity contribution is 5.97. The fraction of sp³-hybridized carbons (Fsp3) is 0.538. The van der Waals surface area contributed by atoms with Crippen molar-refractivity contribution in [3.8, 4) is 5.88 Å². The van der Waals surface area contributed by atoms with Crippen LogP contribution in [0.25, 0.3) is 0 Å². The summed E-state index contributed by atoms with van der Waals surface area (Å²) in [6, 6.07) is 3.60. The molecule has 0 fully saturated rings. The predicted octanol–water partition coefficient (Wildman–Crippen LogP) is 2.49. The molecule has 1 rings (SSSR count). The van der Waals surface area contributed by atoms with Crippen molar-refractivity contribution in [2.75, 3.05) is 6.61 Å². The molecule has 0 unspecified atom stereocenters. The normalized spacial score (nSPS) is 11.3. The number of aryl methyl sites for hydroxylation is 1. The number of hydrogen-bond donors (Lipinski definition) is 2. The number of nitrogens with one attached hydrogen (secondary N) is 1. The summed E-state index contributed by atoms with van der Waals surface area (Å²) in [5.74, 6) is 0.449. The second-order valence-electron chi connectivity index (χ2n) is 5.38. The number of nitrogen functional groups attached to an aromatic ring is 1. The number of ether oxygens (including phenoxy) is 1. The van der Waals surface area contributed by atoms with Crippen LogP contribution >= 0.6 is 0 Å². The number of nitrogens with two attached hydrogens (primary N) is 1. The maximum Gasteiger partial charge on any atom is 0.224 e. The van der Waals surface area contributed by atoms with E-state index in [2.05, 4.69) is 25.8 Å². The van der Waals surface area contributed by atoms with Crippen LogP contribution in [0.15, 0.2) is 12.1 Å². The van der Waals surface area contributed by atoms with E-state index in [1.54, 1.807) is 6.07 Å². The van der Waals surface area contributed by atoms with Gasteiger partial charge in [-0.2, -0.15) is 0 Å². The highest BCUT2D eigenvalue weighted by atomic mass is 16.5. The van der Waals surface area contributed by atoms with Crippen LogP contribution in [-0.2, 0) is 0 Å². The molecular weight excluding hydrogens is 214 g/mol. The maximum atomic E-state index is 7.46. The molecule has 17 heavy (non-hydrogen) atoms. The van der Waals surface area contributed by atoms with Gasteiger partial charge in [-0.3, -0.25) is 5.41 Å². The third kappa shape index (κ3) is 4.43. The Balaban J connectivity index is 2.75. The van der Waals surface area contributed by atoms with E-state index in [0.717, 1.165) is 12.1 Å². The van der Waals surface area contributed by atoms with Crippen LogP contribution in [0.4, 0.5) is 0 Å². The Morgan fingerprint density at radius 1 is 1.41 bits per heavy atom. The first-order valence-corrected chi connectivity index (χ1v) is 5.74. The van der Waals surface area contributed by atoms with Crippen LogP contribution in [0, 0.1) is 17.7 Å². The first-order valence-electron chi connectivity index (χ1n) is 5.74. The molecule has 0 spiro atoms. The standard InChI is InChI=1S/C13H21N3O/c1-9-5-6-10(11(14)15)12(16-9)17-8-7-13(2,3)4/h5-6H,7-8H2,1-4H3,(H3,14,15). The van der Waals surface area contributed by atoms with Gasteiger partial charge < -0.3 is 10.5 Å². The van der Waals surface area contributed by atoms with Gasteiger partial charge in [0.05, 0.1) is 12.2 Å². The quantitative estimate of drug-likeness (QED) is 0.622. The first kappa shape index (κ1) is 13.5. The van der Waals surface area contributed by atoms with Gasteiger partial charge in [0.15, 0.2) is 0 Å². The van der Waals surface area contributed by atoms with E-state index in [-0.39, 0.29) is 11.3 Å². The minimum absolute atomic E-state index is 0.0109. The van der Waals surface area contributed by atoms with Crippen molar-refractivity contribution in [2.24, 2.45) is 11.1 Å². The lowest BCUT2D eigenvalue weighted by molar-refractivity contribution is 0.236. The summed E-state index contributed by atoms with van der Waals surface area (Å²) in [6.45, 7) is 8.95. The molecule has 0 radical (unpaired) electrons. The fourth-order valence-corrected chi connectivity index (χ4v) is 1.30. The summed E-state index contributed by atoms with van der Waals surface area (Å²) in [4.78, 5) is 4.27. The molecule has 0 aromatic carbocycles. The van der Waals surface area contributed by atoms with Crippen LogP contribution in [0.1, 0.15) is 38.4 Å². The Kier molecular flexibility index (Phi) is 4.10. The summed E-state index contributed by atoms with van der Waals surface area (Å²) < 4.78 is 5.62. The molecule has 3 N–H and O–H groups in total. The summed E-state index contributed by atoms with van der Waals surface area (Å²) in [5, 5.41) is 7.46. The van der Waals surface area contributed by atoms with Crippen molar-refractivity contribution >= 4 is 5.84 Å². The second-order valence-corrected chi connectivity index (χ2v) is 5.38. The topological polar surface area (TPSA) is 72.0 Å². The molecule has 4 heteroatoms. The first-order chi connectivity index (χ1) is 7.79. The Morgan fingerprint density at radius 3 is 2.59 bits per heavy atom. The molecule has 1 heterocycles. The van der Waals surface area contributed by atoms with Crippen LogP contribution < -0.4 is 10.5 Å². The van der Waals surface area contributed by atoms with Crippen molar-refractivity contribution in [3.63, 3.8) is 0 Å². The van der Waals surface area contributed by atoms with Gasteiger partial charge in [-0.15, -0.1) is 0 Å². The smallest absolute Gasteiger partial charge is 0.224 e.